The topological polar surface area (TPSA) is 32.3 Å². The van der Waals surface area contributed by atoms with Crippen molar-refractivity contribution < 1.29 is 4.79 Å². The van der Waals surface area contributed by atoms with Gasteiger partial charge >= 0.3 is 6.03 Å². The van der Waals surface area contributed by atoms with E-state index in [-0.39, 0.29) is 12.1 Å². The van der Waals surface area contributed by atoms with Crippen LogP contribution in [0.15, 0.2) is 53.0 Å². The zero-order valence-electron chi connectivity index (χ0n) is 11.1. The Bertz CT molecular complexity index is 656. The summed E-state index contributed by atoms with van der Waals surface area (Å²) >= 11 is 3.41. The van der Waals surface area contributed by atoms with Gasteiger partial charge in [-0.15, -0.1) is 0 Å². The third-order valence-corrected chi connectivity index (χ3v) is 4.00. The first-order valence-corrected chi connectivity index (χ1v) is 7.38. The van der Waals surface area contributed by atoms with Crippen LogP contribution >= 0.6 is 15.9 Å². The summed E-state index contributed by atoms with van der Waals surface area (Å²) in [4.78, 5) is 14.3. The standard InChI is InChI=1S/C16H15BrN2O/c1-11-9-12-5-2-3-8-15(12)19(11)16(20)18-14-7-4-6-13(17)10-14/h2-8,10-11H,9H2,1H3,(H,18,20). The number of para-hydroxylation sites is 1. The van der Waals surface area contributed by atoms with E-state index in [1.807, 2.05) is 47.4 Å². The molecule has 102 valence electrons. The zero-order valence-corrected chi connectivity index (χ0v) is 12.7. The number of hydrogen-bond donors (Lipinski definition) is 1. The van der Waals surface area contributed by atoms with Crippen molar-refractivity contribution >= 4 is 33.3 Å². The fourth-order valence-electron chi connectivity index (χ4n) is 2.62. The molecule has 2 amide bonds. The minimum absolute atomic E-state index is 0.0828. The van der Waals surface area contributed by atoms with Gasteiger partial charge in [0.1, 0.15) is 0 Å². The van der Waals surface area contributed by atoms with E-state index in [4.69, 9.17) is 0 Å². The number of anilines is 2. The number of amides is 2. The lowest BCUT2D eigenvalue weighted by molar-refractivity contribution is 0.256. The van der Waals surface area contributed by atoms with Crippen molar-refractivity contribution in [3.05, 3.63) is 58.6 Å². The predicted octanol–water partition coefficient (Wildman–Crippen LogP) is 4.43. The molecule has 1 atom stereocenters. The molecule has 3 nitrogen and oxygen atoms in total. The Balaban J connectivity index is 1.84. The first kappa shape index (κ1) is 13.2. The average Bonchev–Trinajstić information content (AvgIpc) is 2.74. The van der Waals surface area contributed by atoms with Crippen LogP contribution in [-0.4, -0.2) is 12.1 Å². The second kappa shape index (κ2) is 5.29. The van der Waals surface area contributed by atoms with Crippen molar-refractivity contribution in [2.24, 2.45) is 0 Å². The van der Waals surface area contributed by atoms with E-state index in [2.05, 4.69) is 34.2 Å². The number of benzene rings is 2. The molecule has 0 saturated carbocycles. The van der Waals surface area contributed by atoms with Crippen molar-refractivity contribution in [1.29, 1.82) is 0 Å². The lowest BCUT2D eigenvalue weighted by Crippen LogP contribution is -2.39. The van der Waals surface area contributed by atoms with Gasteiger partial charge in [0, 0.05) is 21.9 Å². The number of nitrogens with one attached hydrogen (secondary N) is 1. The molecule has 0 radical (unpaired) electrons. The van der Waals surface area contributed by atoms with E-state index in [0.29, 0.717) is 0 Å². The van der Waals surface area contributed by atoms with Crippen LogP contribution < -0.4 is 10.2 Å². The molecule has 1 aliphatic heterocycles. The van der Waals surface area contributed by atoms with Crippen molar-refractivity contribution in [3.63, 3.8) is 0 Å². The highest BCUT2D eigenvalue weighted by molar-refractivity contribution is 9.10. The molecule has 1 unspecified atom stereocenters. The number of halogens is 1. The minimum Gasteiger partial charge on any atom is -0.307 e. The molecule has 1 aliphatic rings. The van der Waals surface area contributed by atoms with Gasteiger partial charge in [-0.3, -0.25) is 4.90 Å². The molecular formula is C16H15BrN2O. The van der Waals surface area contributed by atoms with Gasteiger partial charge in [0.2, 0.25) is 0 Å². The molecule has 0 saturated heterocycles. The molecular weight excluding hydrogens is 316 g/mol. The molecule has 2 aromatic carbocycles. The highest BCUT2D eigenvalue weighted by Crippen LogP contribution is 2.32. The van der Waals surface area contributed by atoms with Crippen molar-refractivity contribution in [2.45, 2.75) is 19.4 Å². The van der Waals surface area contributed by atoms with Crippen LogP contribution in [0.3, 0.4) is 0 Å². The van der Waals surface area contributed by atoms with E-state index in [1.165, 1.54) is 5.56 Å². The number of rotatable bonds is 1. The van der Waals surface area contributed by atoms with E-state index in [9.17, 15) is 4.79 Å². The van der Waals surface area contributed by atoms with Gasteiger partial charge < -0.3 is 5.32 Å². The lowest BCUT2D eigenvalue weighted by atomic mass is 10.1. The first-order chi connectivity index (χ1) is 9.65. The van der Waals surface area contributed by atoms with E-state index >= 15 is 0 Å². The molecule has 3 rings (SSSR count). The largest absolute Gasteiger partial charge is 0.326 e. The predicted molar refractivity (Wildman–Crippen MR) is 85.2 cm³/mol. The second-order valence-electron chi connectivity index (χ2n) is 4.99. The Hall–Kier alpha value is -1.81. The molecule has 4 heteroatoms. The molecule has 0 spiro atoms. The Morgan fingerprint density at radius 2 is 2.05 bits per heavy atom. The molecule has 1 N–H and O–H groups in total. The smallest absolute Gasteiger partial charge is 0.307 e. The summed E-state index contributed by atoms with van der Waals surface area (Å²) in [7, 11) is 0. The lowest BCUT2D eigenvalue weighted by Gasteiger charge is -2.23. The van der Waals surface area contributed by atoms with Crippen LogP contribution in [0.1, 0.15) is 12.5 Å². The van der Waals surface area contributed by atoms with Gasteiger partial charge in [-0.2, -0.15) is 0 Å². The van der Waals surface area contributed by atoms with Gasteiger partial charge in [-0.05, 0) is 43.2 Å². The summed E-state index contributed by atoms with van der Waals surface area (Å²) in [6.45, 7) is 2.07. The van der Waals surface area contributed by atoms with E-state index in [1.54, 1.807) is 0 Å². The molecule has 2 aromatic rings. The summed E-state index contributed by atoms with van der Waals surface area (Å²) in [5.41, 5.74) is 3.03. The number of fused-ring (bicyclic) bond motifs is 1. The quantitative estimate of drug-likeness (QED) is 0.824. The summed E-state index contributed by atoms with van der Waals surface area (Å²) in [6, 6.07) is 15.8. The average molecular weight is 331 g/mol. The maximum atomic E-state index is 12.5. The highest BCUT2D eigenvalue weighted by Gasteiger charge is 2.30. The van der Waals surface area contributed by atoms with Gasteiger partial charge in [0.05, 0.1) is 0 Å². The molecule has 0 bridgehead atoms. The van der Waals surface area contributed by atoms with Gasteiger partial charge in [-0.1, -0.05) is 40.2 Å². The van der Waals surface area contributed by atoms with E-state index < -0.39 is 0 Å². The summed E-state index contributed by atoms with van der Waals surface area (Å²) in [5.74, 6) is 0. The first-order valence-electron chi connectivity index (χ1n) is 6.59. The van der Waals surface area contributed by atoms with Gasteiger partial charge in [-0.25, -0.2) is 4.79 Å². The fourth-order valence-corrected chi connectivity index (χ4v) is 3.02. The van der Waals surface area contributed by atoms with Crippen LogP contribution in [0, 0.1) is 0 Å². The maximum absolute atomic E-state index is 12.5. The third kappa shape index (κ3) is 2.43. The zero-order chi connectivity index (χ0) is 14.1. The Morgan fingerprint density at radius 1 is 1.25 bits per heavy atom. The number of hydrogen-bond acceptors (Lipinski definition) is 1. The third-order valence-electron chi connectivity index (χ3n) is 3.50. The Labute approximate surface area is 126 Å². The van der Waals surface area contributed by atoms with Gasteiger partial charge in [0.25, 0.3) is 0 Å². The van der Waals surface area contributed by atoms with Crippen molar-refractivity contribution in [2.75, 3.05) is 10.2 Å². The highest BCUT2D eigenvalue weighted by atomic mass is 79.9. The normalized spacial score (nSPS) is 16.9. The molecule has 20 heavy (non-hydrogen) atoms. The Kier molecular flexibility index (Phi) is 3.49. The Morgan fingerprint density at radius 3 is 2.85 bits per heavy atom. The van der Waals surface area contributed by atoms with Crippen LogP contribution in [0.4, 0.5) is 16.2 Å². The molecule has 0 aliphatic carbocycles. The molecule has 1 heterocycles. The summed E-state index contributed by atoms with van der Waals surface area (Å²) in [5, 5.41) is 2.95. The summed E-state index contributed by atoms with van der Waals surface area (Å²) < 4.78 is 0.949. The van der Waals surface area contributed by atoms with Crippen LogP contribution in [-0.2, 0) is 6.42 Å². The van der Waals surface area contributed by atoms with Gasteiger partial charge in [0.15, 0.2) is 0 Å². The minimum atomic E-state index is -0.0828. The fraction of sp³-hybridized carbons (Fsp3) is 0.188. The van der Waals surface area contributed by atoms with Crippen molar-refractivity contribution in [3.8, 4) is 0 Å². The number of carbonyl (C=O) groups is 1. The van der Waals surface area contributed by atoms with Crippen LogP contribution in [0.25, 0.3) is 0 Å². The maximum Gasteiger partial charge on any atom is 0.326 e. The molecule has 0 aromatic heterocycles. The van der Waals surface area contributed by atoms with E-state index in [0.717, 1.165) is 22.3 Å². The number of urea groups is 1. The SMILES string of the molecule is CC1Cc2ccccc2N1C(=O)Nc1cccc(Br)c1. The summed E-state index contributed by atoms with van der Waals surface area (Å²) in [6.07, 6.45) is 0.905. The second-order valence-corrected chi connectivity index (χ2v) is 5.91. The van der Waals surface area contributed by atoms with Crippen molar-refractivity contribution in [1.82, 2.24) is 0 Å². The number of nitrogens with zero attached hydrogens (tertiary/aromatic N) is 1. The monoisotopic (exact) mass is 330 g/mol. The molecule has 0 fully saturated rings. The number of carbonyl (C=O) groups excluding carboxylic acids is 1. The van der Waals surface area contributed by atoms with Crippen LogP contribution in [0.2, 0.25) is 0 Å². The van der Waals surface area contributed by atoms with Crippen LogP contribution in [0.5, 0.6) is 0 Å².